The second kappa shape index (κ2) is 7.29. The standard InChI is InChI=1S/C26H30N6O/c33-25(30-13-9-20-14-26(20,17-30)19-4-2-1-3-5-19)18-15-31(16-18)24-21-6-10-27-11-7-22(21)29-23-8-12-28-32(23)24/h1-5,8,12,18,20,27H,6-7,9-11,13-17H2. The molecule has 7 nitrogen and oxygen atoms in total. The first-order valence-corrected chi connectivity index (χ1v) is 12.4. The summed E-state index contributed by atoms with van der Waals surface area (Å²) in [5, 5.41) is 8.06. The number of nitrogens with one attached hydrogen (secondary N) is 1. The van der Waals surface area contributed by atoms with Crippen molar-refractivity contribution in [2.24, 2.45) is 11.8 Å². The highest BCUT2D eigenvalue weighted by Crippen LogP contribution is 2.58. The third-order valence-corrected chi connectivity index (χ3v) is 8.42. The minimum Gasteiger partial charge on any atom is -0.354 e. The predicted molar refractivity (Wildman–Crippen MR) is 126 cm³/mol. The molecule has 1 amide bonds. The fraction of sp³-hybridized carbons (Fsp3) is 0.500. The zero-order valence-corrected chi connectivity index (χ0v) is 18.9. The molecule has 1 aliphatic carbocycles. The predicted octanol–water partition coefficient (Wildman–Crippen LogP) is 2.04. The Morgan fingerprint density at radius 2 is 1.94 bits per heavy atom. The van der Waals surface area contributed by atoms with Gasteiger partial charge in [-0.05, 0) is 37.3 Å². The van der Waals surface area contributed by atoms with E-state index in [9.17, 15) is 4.79 Å². The lowest BCUT2D eigenvalue weighted by atomic mass is 9.87. The van der Waals surface area contributed by atoms with E-state index in [1.807, 2.05) is 16.8 Å². The smallest absolute Gasteiger partial charge is 0.229 e. The number of carbonyl (C=O) groups is 1. The van der Waals surface area contributed by atoms with Gasteiger partial charge < -0.3 is 15.1 Å². The zero-order chi connectivity index (χ0) is 22.0. The number of hydrogen-bond acceptors (Lipinski definition) is 5. The van der Waals surface area contributed by atoms with Gasteiger partial charge in [0.2, 0.25) is 5.91 Å². The van der Waals surface area contributed by atoms with E-state index >= 15 is 0 Å². The van der Waals surface area contributed by atoms with Crippen molar-refractivity contribution in [3.63, 3.8) is 0 Å². The van der Waals surface area contributed by atoms with Crippen LogP contribution < -0.4 is 10.2 Å². The molecule has 0 bridgehead atoms. The van der Waals surface area contributed by atoms with Gasteiger partial charge in [-0.3, -0.25) is 4.79 Å². The Bertz CT molecular complexity index is 1220. The van der Waals surface area contributed by atoms with Gasteiger partial charge in [-0.25, -0.2) is 4.98 Å². The molecule has 5 heterocycles. The molecule has 2 saturated heterocycles. The van der Waals surface area contributed by atoms with Gasteiger partial charge in [0.25, 0.3) is 0 Å². The molecule has 2 unspecified atom stereocenters. The molecule has 2 aromatic heterocycles. The highest BCUT2D eigenvalue weighted by atomic mass is 16.2. The Balaban J connectivity index is 1.11. The lowest BCUT2D eigenvalue weighted by Gasteiger charge is -2.44. The van der Waals surface area contributed by atoms with E-state index in [-0.39, 0.29) is 11.3 Å². The lowest BCUT2D eigenvalue weighted by Crippen LogP contribution is -2.57. The van der Waals surface area contributed by atoms with Crippen LogP contribution in [-0.2, 0) is 23.1 Å². The van der Waals surface area contributed by atoms with Crippen LogP contribution in [0.1, 0.15) is 29.7 Å². The SMILES string of the molecule is O=C(C1CN(c2c3c(nc4ccnn24)CCNCC3)C1)N1CCC2CC2(c2ccccc2)C1. The molecule has 7 rings (SSSR count). The van der Waals surface area contributed by atoms with E-state index in [0.29, 0.717) is 5.91 Å². The van der Waals surface area contributed by atoms with E-state index < -0.39 is 0 Å². The first kappa shape index (κ1) is 19.5. The summed E-state index contributed by atoms with van der Waals surface area (Å²) in [6.45, 7) is 5.27. The Hall–Kier alpha value is -2.93. The molecule has 170 valence electrons. The van der Waals surface area contributed by atoms with Gasteiger partial charge >= 0.3 is 0 Å². The maximum atomic E-state index is 13.5. The van der Waals surface area contributed by atoms with Crippen LogP contribution in [0.5, 0.6) is 0 Å². The van der Waals surface area contributed by atoms with Crippen molar-refractivity contribution in [3.8, 4) is 0 Å². The number of nitrogens with zero attached hydrogens (tertiary/aromatic N) is 5. The number of aromatic nitrogens is 3. The number of amides is 1. The second-order valence-corrected chi connectivity index (χ2v) is 10.3. The van der Waals surface area contributed by atoms with Gasteiger partial charge in [-0.2, -0.15) is 9.61 Å². The van der Waals surface area contributed by atoms with Gasteiger partial charge in [-0.15, -0.1) is 0 Å². The highest BCUT2D eigenvalue weighted by Gasteiger charge is 2.58. The van der Waals surface area contributed by atoms with Crippen LogP contribution in [0, 0.1) is 11.8 Å². The minimum absolute atomic E-state index is 0.0754. The summed E-state index contributed by atoms with van der Waals surface area (Å²) in [7, 11) is 0. The van der Waals surface area contributed by atoms with E-state index in [1.54, 1.807) is 0 Å². The molecule has 2 atom stereocenters. The molecular weight excluding hydrogens is 412 g/mol. The third-order valence-electron chi connectivity index (χ3n) is 8.42. The van der Waals surface area contributed by atoms with Gasteiger partial charge in [0.15, 0.2) is 5.65 Å². The number of carbonyl (C=O) groups excluding carboxylic acids is 1. The molecule has 0 radical (unpaired) electrons. The maximum Gasteiger partial charge on any atom is 0.229 e. The molecule has 3 fully saturated rings. The van der Waals surface area contributed by atoms with Crippen molar-refractivity contribution in [2.45, 2.75) is 31.1 Å². The van der Waals surface area contributed by atoms with Crippen molar-refractivity contribution in [1.82, 2.24) is 24.8 Å². The summed E-state index contributed by atoms with van der Waals surface area (Å²) in [5.41, 5.74) is 5.00. The van der Waals surface area contributed by atoms with Crippen LogP contribution in [0.4, 0.5) is 5.82 Å². The Labute approximate surface area is 193 Å². The largest absolute Gasteiger partial charge is 0.354 e. The number of anilines is 1. The van der Waals surface area contributed by atoms with E-state index in [2.05, 4.69) is 50.5 Å². The lowest BCUT2D eigenvalue weighted by molar-refractivity contribution is -0.137. The van der Waals surface area contributed by atoms with Crippen LogP contribution >= 0.6 is 0 Å². The Kier molecular flexibility index (Phi) is 4.31. The topological polar surface area (TPSA) is 65.8 Å². The fourth-order valence-corrected chi connectivity index (χ4v) is 6.49. The van der Waals surface area contributed by atoms with E-state index in [0.717, 1.165) is 75.9 Å². The summed E-state index contributed by atoms with van der Waals surface area (Å²) in [4.78, 5) is 22.9. The molecule has 0 spiro atoms. The Morgan fingerprint density at radius 1 is 1.09 bits per heavy atom. The molecule has 3 aromatic rings. The number of hydrogen-bond donors (Lipinski definition) is 1. The second-order valence-electron chi connectivity index (χ2n) is 10.3. The number of likely N-dealkylation sites (tertiary alicyclic amines) is 1. The van der Waals surface area contributed by atoms with Gasteiger partial charge in [-0.1, -0.05) is 30.3 Å². The van der Waals surface area contributed by atoms with Gasteiger partial charge in [0, 0.05) is 56.2 Å². The van der Waals surface area contributed by atoms with Crippen molar-refractivity contribution in [2.75, 3.05) is 44.2 Å². The van der Waals surface area contributed by atoms with Crippen molar-refractivity contribution >= 4 is 17.4 Å². The minimum atomic E-state index is 0.0754. The van der Waals surface area contributed by atoms with Crippen LogP contribution in [0.2, 0.25) is 0 Å². The summed E-state index contributed by atoms with van der Waals surface area (Å²) in [5.74, 6) is 2.31. The number of benzene rings is 1. The zero-order valence-electron chi connectivity index (χ0n) is 18.9. The highest BCUT2D eigenvalue weighted by molar-refractivity contribution is 5.82. The average Bonchev–Trinajstić information content (AvgIpc) is 3.46. The summed E-state index contributed by atoms with van der Waals surface area (Å²) in [6.07, 6.45) is 6.09. The maximum absolute atomic E-state index is 13.5. The summed E-state index contributed by atoms with van der Waals surface area (Å²) >= 11 is 0. The molecule has 1 saturated carbocycles. The number of rotatable bonds is 3. The molecule has 1 N–H and O–H groups in total. The quantitative estimate of drug-likeness (QED) is 0.673. The molecule has 33 heavy (non-hydrogen) atoms. The van der Waals surface area contributed by atoms with Crippen LogP contribution in [0.3, 0.4) is 0 Å². The third kappa shape index (κ3) is 3.01. The van der Waals surface area contributed by atoms with Crippen LogP contribution in [0.25, 0.3) is 5.65 Å². The van der Waals surface area contributed by atoms with E-state index in [1.165, 1.54) is 23.2 Å². The van der Waals surface area contributed by atoms with Gasteiger partial charge in [0.1, 0.15) is 5.82 Å². The molecule has 3 aliphatic heterocycles. The molecule has 1 aromatic carbocycles. The van der Waals surface area contributed by atoms with Crippen molar-refractivity contribution < 1.29 is 4.79 Å². The summed E-state index contributed by atoms with van der Waals surface area (Å²) < 4.78 is 1.98. The van der Waals surface area contributed by atoms with Crippen molar-refractivity contribution in [3.05, 3.63) is 59.4 Å². The fourth-order valence-electron chi connectivity index (χ4n) is 6.49. The molecule has 7 heteroatoms. The summed E-state index contributed by atoms with van der Waals surface area (Å²) in [6, 6.07) is 12.8. The molecule has 4 aliphatic rings. The molecular formula is C26H30N6O. The van der Waals surface area contributed by atoms with Gasteiger partial charge in [0.05, 0.1) is 17.8 Å². The number of fused-ring (bicyclic) bond motifs is 3. The average molecular weight is 443 g/mol. The number of piperidine rings is 1. The first-order valence-electron chi connectivity index (χ1n) is 12.4. The van der Waals surface area contributed by atoms with E-state index in [4.69, 9.17) is 4.98 Å². The normalized spacial score (nSPS) is 27.0. The van der Waals surface area contributed by atoms with Crippen LogP contribution in [0.15, 0.2) is 42.6 Å². The van der Waals surface area contributed by atoms with Crippen LogP contribution in [-0.4, -0.2) is 64.7 Å². The van der Waals surface area contributed by atoms with Crippen molar-refractivity contribution in [1.29, 1.82) is 0 Å². The monoisotopic (exact) mass is 442 g/mol. The first-order chi connectivity index (χ1) is 16.2. The Morgan fingerprint density at radius 3 is 2.82 bits per heavy atom.